The molecule has 1 N–H and O–H groups in total. The summed E-state index contributed by atoms with van der Waals surface area (Å²) in [6.45, 7) is 2.73. The van der Waals surface area contributed by atoms with Crippen molar-refractivity contribution in [2.75, 3.05) is 6.54 Å². The molecular formula is C24H26N6OS. The van der Waals surface area contributed by atoms with Crippen LogP contribution in [0.3, 0.4) is 0 Å². The number of aromatic nitrogens is 5. The van der Waals surface area contributed by atoms with Gasteiger partial charge in [0, 0.05) is 42.0 Å². The largest absolute Gasteiger partial charge is 0.355 e. The van der Waals surface area contributed by atoms with Crippen molar-refractivity contribution in [1.29, 1.82) is 0 Å². The van der Waals surface area contributed by atoms with E-state index >= 15 is 0 Å². The van der Waals surface area contributed by atoms with Gasteiger partial charge >= 0.3 is 0 Å². The van der Waals surface area contributed by atoms with Crippen molar-refractivity contribution in [3.63, 3.8) is 0 Å². The molecule has 0 atom stereocenters. The van der Waals surface area contributed by atoms with Gasteiger partial charge in [0.2, 0.25) is 5.91 Å². The molecule has 5 rings (SSSR count). The van der Waals surface area contributed by atoms with Crippen LogP contribution in [0.2, 0.25) is 0 Å². The third-order valence-corrected chi connectivity index (χ3v) is 7.05. The van der Waals surface area contributed by atoms with Crippen molar-refractivity contribution in [2.45, 2.75) is 44.9 Å². The van der Waals surface area contributed by atoms with Crippen LogP contribution in [0.1, 0.15) is 48.7 Å². The topological polar surface area (TPSA) is 85.1 Å². The SMILES string of the molecule is Cc1cc2nccc(C3CCC(CNC(=O)Cc4csc(-c5ccccn5)n4)CC3)n2n1. The van der Waals surface area contributed by atoms with Crippen LogP contribution in [0.4, 0.5) is 0 Å². The van der Waals surface area contributed by atoms with E-state index in [1.165, 1.54) is 17.0 Å². The summed E-state index contributed by atoms with van der Waals surface area (Å²) in [6, 6.07) is 9.88. The van der Waals surface area contributed by atoms with Crippen molar-refractivity contribution in [3.8, 4) is 10.7 Å². The van der Waals surface area contributed by atoms with Crippen molar-refractivity contribution in [1.82, 2.24) is 29.9 Å². The second-order valence-electron chi connectivity index (χ2n) is 8.48. The number of carbonyl (C=O) groups excluding carboxylic acids is 1. The van der Waals surface area contributed by atoms with E-state index in [9.17, 15) is 4.79 Å². The smallest absolute Gasteiger partial charge is 0.226 e. The number of fused-ring (bicyclic) bond motifs is 1. The number of thiazole rings is 1. The average Bonchev–Trinajstić information content (AvgIpc) is 3.44. The van der Waals surface area contributed by atoms with E-state index in [4.69, 9.17) is 0 Å². The maximum atomic E-state index is 12.5. The molecule has 0 aromatic carbocycles. The van der Waals surface area contributed by atoms with Gasteiger partial charge in [-0.05, 0) is 56.7 Å². The summed E-state index contributed by atoms with van der Waals surface area (Å²) in [6.07, 6.45) is 8.38. The first kappa shape index (κ1) is 20.8. The number of aryl methyl sites for hydroxylation is 1. The first-order chi connectivity index (χ1) is 15.7. The van der Waals surface area contributed by atoms with Gasteiger partial charge in [-0.25, -0.2) is 14.5 Å². The Morgan fingerprint density at radius 3 is 2.84 bits per heavy atom. The highest BCUT2D eigenvalue weighted by Crippen LogP contribution is 2.35. The summed E-state index contributed by atoms with van der Waals surface area (Å²) in [4.78, 5) is 25.8. The zero-order valence-electron chi connectivity index (χ0n) is 18.1. The van der Waals surface area contributed by atoms with E-state index in [0.717, 1.165) is 60.0 Å². The van der Waals surface area contributed by atoms with E-state index in [1.54, 1.807) is 6.20 Å². The Kier molecular flexibility index (Phi) is 5.94. The lowest BCUT2D eigenvalue weighted by Crippen LogP contribution is -2.32. The van der Waals surface area contributed by atoms with Crippen LogP contribution in [-0.2, 0) is 11.2 Å². The number of amides is 1. The highest BCUT2D eigenvalue weighted by Gasteiger charge is 2.25. The van der Waals surface area contributed by atoms with Gasteiger partial charge in [0.25, 0.3) is 0 Å². The number of nitrogens with zero attached hydrogens (tertiary/aromatic N) is 5. The lowest BCUT2D eigenvalue weighted by Gasteiger charge is -2.29. The summed E-state index contributed by atoms with van der Waals surface area (Å²) in [7, 11) is 0. The molecule has 1 amide bonds. The number of hydrogen-bond donors (Lipinski definition) is 1. The summed E-state index contributed by atoms with van der Waals surface area (Å²) in [5.41, 5.74) is 4.81. The molecule has 0 unspecified atom stereocenters. The Morgan fingerprint density at radius 1 is 1.16 bits per heavy atom. The van der Waals surface area contributed by atoms with Gasteiger partial charge in [-0.15, -0.1) is 11.3 Å². The molecule has 4 aromatic rings. The molecule has 4 aromatic heterocycles. The monoisotopic (exact) mass is 446 g/mol. The molecule has 1 aliphatic rings. The summed E-state index contributed by atoms with van der Waals surface area (Å²) >= 11 is 1.53. The lowest BCUT2D eigenvalue weighted by molar-refractivity contribution is -0.120. The maximum absolute atomic E-state index is 12.5. The molecule has 1 fully saturated rings. The molecule has 1 aliphatic carbocycles. The molecule has 1 saturated carbocycles. The van der Waals surface area contributed by atoms with E-state index in [2.05, 4.69) is 31.4 Å². The van der Waals surface area contributed by atoms with E-state index in [1.807, 2.05) is 47.3 Å². The Labute approximate surface area is 191 Å². The number of pyridine rings is 1. The van der Waals surface area contributed by atoms with E-state index < -0.39 is 0 Å². The molecule has 164 valence electrons. The van der Waals surface area contributed by atoms with Crippen LogP contribution in [-0.4, -0.2) is 37.0 Å². The molecule has 0 saturated heterocycles. The number of nitrogens with one attached hydrogen (secondary N) is 1. The minimum atomic E-state index is 0.0350. The highest BCUT2D eigenvalue weighted by molar-refractivity contribution is 7.13. The van der Waals surface area contributed by atoms with Gasteiger partial charge in [-0.2, -0.15) is 5.10 Å². The average molecular weight is 447 g/mol. The summed E-state index contributed by atoms with van der Waals surface area (Å²) in [5, 5.41) is 10.5. The normalized spacial score (nSPS) is 18.7. The number of hydrogen-bond acceptors (Lipinski definition) is 6. The third kappa shape index (κ3) is 4.55. The third-order valence-electron chi connectivity index (χ3n) is 6.14. The first-order valence-corrected chi connectivity index (χ1v) is 12.0. The van der Waals surface area contributed by atoms with Crippen LogP contribution in [0.15, 0.2) is 48.1 Å². The quantitative estimate of drug-likeness (QED) is 0.480. The summed E-state index contributed by atoms with van der Waals surface area (Å²) < 4.78 is 2.00. The number of carbonyl (C=O) groups is 1. The minimum absolute atomic E-state index is 0.0350. The van der Waals surface area contributed by atoms with Crippen molar-refractivity contribution in [2.24, 2.45) is 5.92 Å². The van der Waals surface area contributed by atoms with Gasteiger partial charge in [0.15, 0.2) is 5.65 Å². The van der Waals surface area contributed by atoms with Gasteiger partial charge < -0.3 is 5.32 Å². The Bertz CT molecular complexity index is 1210. The van der Waals surface area contributed by atoms with Crippen LogP contribution in [0.5, 0.6) is 0 Å². The molecule has 0 spiro atoms. The second-order valence-corrected chi connectivity index (χ2v) is 9.34. The van der Waals surface area contributed by atoms with Gasteiger partial charge in [0.05, 0.1) is 23.5 Å². The fourth-order valence-electron chi connectivity index (χ4n) is 4.48. The molecule has 0 aliphatic heterocycles. The summed E-state index contributed by atoms with van der Waals surface area (Å²) in [5.74, 6) is 1.05. The van der Waals surface area contributed by atoms with E-state index in [0.29, 0.717) is 18.3 Å². The molecule has 8 heteroatoms. The zero-order chi connectivity index (χ0) is 21.9. The fraction of sp³-hybridized carbons (Fsp3) is 0.375. The predicted molar refractivity (Wildman–Crippen MR) is 124 cm³/mol. The molecule has 7 nitrogen and oxygen atoms in total. The van der Waals surface area contributed by atoms with Crippen LogP contribution in [0, 0.1) is 12.8 Å². The number of rotatable bonds is 6. The van der Waals surface area contributed by atoms with Gasteiger partial charge in [0.1, 0.15) is 5.01 Å². The van der Waals surface area contributed by atoms with Crippen LogP contribution >= 0.6 is 11.3 Å². The Balaban J connectivity index is 1.11. The molecule has 4 heterocycles. The van der Waals surface area contributed by atoms with Crippen LogP contribution < -0.4 is 5.32 Å². The predicted octanol–water partition coefficient (Wildman–Crippen LogP) is 4.19. The fourth-order valence-corrected chi connectivity index (χ4v) is 5.28. The molecule has 0 radical (unpaired) electrons. The van der Waals surface area contributed by atoms with Crippen LogP contribution in [0.25, 0.3) is 16.3 Å². The maximum Gasteiger partial charge on any atom is 0.226 e. The van der Waals surface area contributed by atoms with Gasteiger partial charge in [-0.1, -0.05) is 6.07 Å². The Morgan fingerprint density at radius 2 is 2.03 bits per heavy atom. The van der Waals surface area contributed by atoms with Crippen molar-refractivity contribution >= 4 is 22.9 Å². The molecule has 32 heavy (non-hydrogen) atoms. The second kappa shape index (κ2) is 9.16. The van der Waals surface area contributed by atoms with Crippen molar-refractivity contribution in [3.05, 3.63) is 65.2 Å². The lowest BCUT2D eigenvalue weighted by atomic mass is 9.80. The minimum Gasteiger partial charge on any atom is -0.355 e. The van der Waals surface area contributed by atoms with Crippen molar-refractivity contribution < 1.29 is 4.79 Å². The zero-order valence-corrected chi connectivity index (χ0v) is 18.9. The molecule has 0 bridgehead atoms. The first-order valence-electron chi connectivity index (χ1n) is 11.1. The highest BCUT2D eigenvalue weighted by atomic mass is 32.1. The molecular weight excluding hydrogens is 420 g/mol. The van der Waals surface area contributed by atoms with Gasteiger partial charge in [-0.3, -0.25) is 9.78 Å². The van der Waals surface area contributed by atoms with E-state index in [-0.39, 0.29) is 5.91 Å². The standard InChI is InChI=1S/C24H26N6OS/c1-16-12-22-26-11-9-21(30(22)29-16)18-7-5-17(6-8-18)14-27-23(31)13-19-15-32-24(28-19)20-4-2-3-10-25-20/h2-4,9-12,15,17-18H,5-8,13-14H2,1H3,(H,27,31). The Hall–Kier alpha value is -3.13.